The zero-order valence-corrected chi connectivity index (χ0v) is 11.6. The Hall–Kier alpha value is -0.530. The lowest BCUT2D eigenvalue weighted by molar-refractivity contribution is 0.407. The second kappa shape index (κ2) is 4.99. The van der Waals surface area contributed by atoms with Crippen LogP contribution in [-0.4, -0.2) is 5.54 Å². The molecule has 0 aromatic heterocycles. The first-order valence-electron chi connectivity index (χ1n) is 6.56. The van der Waals surface area contributed by atoms with Crippen molar-refractivity contribution < 1.29 is 0 Å². The Morgan fingerprint density at radius 1 is 1.47 bits per heavy atom. The Morgan fingerprint density at radius 3 is 2.82 bits per heavy atom. The van der Waals surface area contributed by atoms with Gasteiger partial charge in [-0.2, -0.15) is 0 Å². The summed E-state index contributed by atoms with van der Waals surface area (Å²) in [7, 11) is 0. The fraction of sp³-hybridized carbons (Fsp3) is 0.600. The van der Waals surface area contributed by atoms with Crippen molar-refractivity contribution in [3.05, 3.63) is 34.3 Å². The first-order valence-corrected chi connectivity index (χ1v) is 6.94. The molecule has 0 aliphatic heterocycles. The fourth-order valence-corrected chi connectivity index (χ4v) is 3.26. The van der Waals surface area contributed by atoms with Crippen molar-refractivity contribution in [2.24, 2.45) is 11.7 Å². The molecular formula is C15H22ClN. The van der Waals surface area contributed by atoms with E-state index in [0.717, 1.165) is 30.2 Å². The van der Waals surface area contributed by atoms with E-state index in [-0.39, 0.29) is 5.54 Å². The van der Waals surface area contributed by atoms with Crippen LogP contribution in [0.25, 0.3) is 0 Å². The third kappa shape index (κ3) is 3.02. The Kier molecular flexibility index (Phi) is 3.79. The van der Waals surface area contributed by atoms with Crippen LogP contribution >= 0.6 is 11.6 Å². The van der Waals surface area contributed by atoms with Gasteiger partial charge in [0.1, 0.15) is 0 Å². The third-order valence-corrected chi connectivity index (χ3v) is 4.43. The molecule has 1 fully saturated rings. The van der Waals surface area contributed by atoms with Crippen molar-refractivity contribution >= 4 is 11.6 Å². The molecule has 1 nitrogen and oxygen atoms in total. The van der Waals surface area contributed by atoms with Gasteiger partial charge in [0.05, 0.1) is 0 Å². The average molecular weight is 252 g/mol. The van der Waals surface area contributed by atoms with E-state index in [1.54, 1.807) is 0 Å². The van der Waals surface area contributed by atoms with Crippen molar-refractivity contribution in [2.75, 3.05) is 0 Å². The molecule has 2 unspecified atom stereocenters. The van der Waals surface area contributed by atoms with Crippen molar-refractivity contribution in [3.8, 4) is 0 Å². The maximum Gasteiger partial charge on any atom is 0.0441 e. The number of rotatable bonds is 3. The maximum atomic E-state index is 6.51. The second-order valence-corrected chi connectivity index (χ2v) is 6.06. The molecule has 1 saturated carbocycles. The zero-order chi connectivity index (χ0) is 12.5. The molecule has 2 atom stereocenters. The lowest BCUT2D eigenvalue weighted by Crippen LogP contribution is -2.39. The number of benzene rings is 1. The predicted molar refractivity (Wildman–Crippen MR) is 74.4 cm³/mol. The monoisotopic (exact) mass is 251 g/mol. The molecule has 0 amide bonds. The highest BCUT2D eigenvalue weighted by Gasteiger charge is 2.35. The molecular weight excluding hydrogens is 230 g/mol. The molecule has 1 aliphatic carbocycles. The van der Waals surface area contributed by atoms with Crippen LogP contribution in [0.3, 0.4) is 0 Å². The van der Waals surface area contributed by atoms with E-state index in [4.69, 9.17) is 17.3 Å². The van der Waals surface area contributed by atoms with Gasteiger partial charge in [-0.25, -0.2) is 0 Å². The van der Waals surface area contributed by atoms with Gasteiger partial charge in [-0.05, 0) is 55.7 Å². The molecule has 0 bridgehead atoms. The number of aryl methyl sites for hydroxylation is 1. The molecule has 94 valence electrons. The van der Waals surface area contributed by atoms with Gasteiger partial charge in [-0.1, -0.05) is 37.1 Å². The fourth-order valence-electron chi connectivity index (χ4n) is 2.95. The van der Waals surface area contributed by atoms with Crippen LogP contribution in [-0.2, 0) is 6.42 Å². The SMILES string of the molecule is CCC1CCC(N)(Cc2ccc(C)cc2Cl)C1. The van der Waals surface area contributed by atoms with Crippen LogP contribution in [0.15, 0.2) is 18.2 Å². The second-order valence-electron chi connectivity index (χ2n) is 5.65. The quantitative estimate of drug-likeness (QED) is 0.860. The van der Waals surface area contributed by atoms with Crippen LogP contribution in [0, 0.1) is 12.8 Å². The van der Waals surface area contributed by atoms with Crippen LogP contribution < -0.4 is 5.73 Å². The van der Waals surface area contributed by atoms with E-state index in [9.17, 15) is 0 Å². The molecule has 2 N–H and O–H groups in total. The van der Waals surface area contributed by atoms with Crippen LogP contribution in [0.5, 0.6) is 0 Å². The predicted octanol–water partition coefficient (Wildman–Crippen LogP) is 4.10. The molecule has 2 rings (SSSR count). The van der Waals surface area contributed by atoms with Crippen molar-refractivity contribution in [3.63, 3.8) is 0 Å². The van der Waals surface area contributed by atoms with Crippen LogP contribution in [0.1, 0.15) is 43.7 Å². The summed E-state index contributed by atoms with van der Waals surface area (Å²) in [5, 5.41) is 0.870. The Bertz CT molecular complexity index is 402. The molecule has 0 radical (unpaired) electrons. The molecule has 17 heavy (non-hydrogen) atoms. The van der Waals surface area contributed by atoms with E-state index in [1.807, 2.05) is 6.07 Å². The standard InChI is InChI=1S/C15H22ClN/c1-3-12-6-7-15(17,9-12)10-13-5-4-11(2)8-14(13)16/h4-5,8,12H,3,6-7,9-10,17H2,1-2H3. The summed E-state index contributed by atoms with van der Waals surface area (Å²) in [6.07, 6.45) is 5.73. The first kappa shape index (κ1) is 12.9. The summed E-state index contributed by atoms with van der Waals surface area (Å²) in [6.45, 7) is 4.33. The maximum absolute atomic E-state index is 6.51. The van der Waals surface area contributed by atoms with E-state index in [2.05, 4.69) is 26.0 Å². The number of hydrogen-bond donors (Lipinski definition) is 1. The minimum Gasteiger partial charge on any atom is -0.325 e. The average Bonchev–Trinajstić information content (AvgIpc) is 2.65. The lowest BCUT2D eigenvalue weighted by Gasteiger charge is -2.25. The molecule has 0 saturated heterocycles. The Balaban J connectivity index is 2.10. The Labute approximate surface area is 109 Å². The van der Waals surface area contributed by atoms with Crippen LogP contribution in [0.4, 0.5) is 0 Å². The number of nitrogens with two attached hydrogens (primary N) is 1. The smallest absolute Gasteiger partial charge is 0.0441 e. The van der Waals surface area contributed by atoms with E-state index in [0.29, 0.717) is 0 Å². The number of hydrogen-bond acceptors (Lipinski definition) is 1. The third-order valence-electron chi connectivity index (χ3n) is 4.07. The minimum atomic E-state index is -0.0282. The van der Waals surface area contributed by atoms with Gasteiger partial charge < -0.3 is 5.73 Å². The topological polar surface area (TPSA) is 26.0 Å². The highest BCUT2D eigenvalue weighted by Crippen LogP contribution is 2.37. The molecule has 1 aromatic rings. The van der Waals surface area contributed by atoms with Gasteiger partial charge in [-0.3, -0.25) is 0 Å². The summed E-state index contributed by atoms with van der Waals surface area (Å²) in [6, 6.07) is 6.29. The molecule has 1 aliphatic rings. The summed E-state index contributed by atoms with van der Waals surface area (Å²) in [5.74, 6) is 0.809. The van der Waals surface area contributed by atoms with Gasteiger partial charge in [0, 0.05) is 10.6 Å². The normalized spacial score (nSPS) is 28.6. The lowest BCUT2D eigenvalue weighted by atomic mass is 9.88. The van der Waals surface area contributed by atoms with E-state index < -0.39 is 0 Å². The highest BCUT2D eigenvalue weighted by atomic mass is 35.5. The number of halogens is 1. The van der Waals surface area contributed by atoms with Crippen molar-refractivity contribution in [1.82, 2.24) is 0 Å². The molecule has 1 aromatic carbocycles. The first-order chi connectivity index (χ1) is 8.02. The van der Waals surface area contributed by atoms with Crippen molar-refractivity contribution in [2.45, 2.75) is 51.5 Å². The molecule has 0 spiro atoms. The highest BCUT2D eigenvalue weighted by molar-refractivity contribution is 6.31. The summed E-state index contributed by atoms with van der Waals surface area (Å²) >= 11 is 6.28. The summed E-state index contributed by atoms with van der Waals surface area (Å²) in [4.78, 5) is 0. The van der Waals surface area contributed by atoms with Crippen molar-refractivity contribution in [1.29, 1.82) is 0 Å². The van der Waals surface area contributed by atoms with Crippen LogP contribution in [0.2, 0.25) is 5.02 Å². The van der Waals surface area contributed by atoms with Gasteiger partial charge >= 0.3 is 0 Å². The van der Waals surface area contributed by atoms with E-state index in [1.165, 1.54) is 24.0 Å². The van der Waals surface area contributed by atoms with Gasteiger partial charge in [0.15, 0.2) is 0 Å². The van der Waals surface area contributed by atoms with E-state index >= 15 is 0 Å². The van der Waals surface area contributed by atoms with Gasteiger partial charge in [-0.15, -0.1) is 0 Å². The molecule has 2 heteroatoms. The van der Waals surface area contributed by atoms with Gasteiger partial charge in [0.25, 0.3) is 0 Å². The minimum absolute atomic E-state index is 0.0282. The zero-order valence-electron chi connectivity index (χ0n) is 10.8. The Morgan fingerprint density at radius 2 is 2.24 bits per heavy atom. The summed E-state index contributed by atoms with van der Waals surface area (Å²) < 4.78 is 0. The summed E-state index contributed by atoms with van der Waals surface area (Å²) in [5.41, 5.74) is 8.89. The van der Waals surface area contributed by atoms with Gasteiger partial charge in [0.2, 0.25) is 0 Å². The molecule has 0 heterocycles. The largest absolute Gasteiger partial charge is 0.325 e.